The van der Waals surface area contributed by atoms with E-state index in [9.17, 15) is 5.11 Å². The first-order chi connectivity index (χ1) is 10.0. The summed E-state index contributed by atoms with van der Waals surface area (Å²) < 4.78 is 5.35. The number of hydrogen-bond acceptors (Lipinski definition) is 3. The molecule has 0 saturated carbocycles. The predicted molar refractivity (Wildman–Crippen MR) is 86.4 cm³/mol. The van der Waals surface area contributed by atoms with Crippen molar-refractivity contribution >= 4 is 23.2 Å². The van der Waals surface area contributed by atoms with Crippen LogP contribution in [0.4, 0.5) is 0 Å². The Balaban J connectivity index is 2.13. The molecule has 0 amide bonds. The Bertz CT molecular complexity index is 632. The normalized spacial score (nSPS) is 12.2. The van der Waals surface area contributed by atoms with Crippen molar-refractivity contribution in [2.75, 3.05) is 7.11 Å². The molecule has 2 aromatic carbocycles. The molecule has 3 nitrogen and oxygen atoms in total. The molecule has 5 heteroatoms. The number of nitrogens with one attached hydrogen (secondary N) is 1. The highest BCUT2D eigenvalue weighted by Gasteiger charge is 2.13. The molecule has 0 radical (unpaired) electrons. The fourth-order valence-electron chi connectivity index (χ4n) is 2.15. The molecule has 0 saturated heterocycles. The molecule has 0 bridgehead atoms. The number of phenols is 1. The Morgan fingerprint density at radius 2 is 1.95 bits per heavy atom. The number of para-hydroxylation sites is 1. The van der Waals surface area contributed by atoms with E-state index in [0.717, 1.165) is 11.3 Å². The Morgan fingerprint density at radius 3 is 2.67 bits per heavy atom. The molecule has 0 unspecified atom stereocenters. The highest BCUT2D eigenvalue weighted by Crippen LogP contribution is 2.32. The van der Waals surface area contributed by atoms with E-state index in [-0.39, 0.29) is 16.8 Å². The van der Waals surface area contributed by atoms with Crippen LogP contribution in [0.15, 0.2) is 36.4 Å². The summed E-state index contributed by atoms with van der Waals surface area (Å²) in [5.41, 5.74) is 1.71. The summed E-state index contributed by atoms with van der Waals surface area (Å²) in [6.07, 6.45) is 0. The van der Waals surface area contributed by atoms with Crippen molar-refractivity contribution in [2.45, 2.75) is 19.5 Å². The quantitative estimate of drug-likeness (QED) is 0.846. The number of hydrogen-bond donors (Lipinski definition) is 2. The van der Waals surface area contributed by atoms with E-state index < -0.39 is 0 Å². The third-order valence-electron chi connectivity index (χ3n) is 3.31. The standard InChI is InChI=1S/C16H17Cl2NO2/c1-10(13-5-3-4-6-15(13)21-2)19-9-11-7-12(17)8-14(18)16(11)20/h3-8,10,19-20H,9H2,1-2H3/t10-/m1/s1. The van der Waals surface area contributed by atoms with E-state index in [2.05, 4.69) is 5.32 Å². The lowest BCUT2D eigenvalue weighted by molar-refractivity contribution is 0.401. The van der Waals surface area contributed by atoms with E-state index in [1.807, 2.05) is 31.2 Å². The summed E-state index contributed by atoms with van der Waals surface area (Å²) in [7, 11) is 1.65. The molecule has 0 fully saturated rings. The van der Waals surface area contributed by atoms with Crippen LogP contribution in [0.2, 0.25) is 10.0 Å². The van der Waals surface area contributed by atoms with Crippen molar-refractivity contribution in [3.8, 4) is 11.5 Å². The van der Waals surface area contributed by atoms with Gasteiger partial charge in [-0.2, -0.15) is 0 Å². The van der Waals surface area contributed by atoms with E-state index in [4.69, 9.17) is 27.9 Å². The number of rotatable bonds is 5. The van der Waals surface area contributed by atoms with Gasteiger partial charge >= 0.3 is 0 Å². The van der Waals surface area contributed by atoms with Crippen LogP contribution >= 0.6 is 23.2 Å². The second-order valence-electron chi connectivity index (χ2n) is 4.74. The summed E-state index contributed by atoms with van der Waals surface area (Å²) in [4.78, 5) is 0. The molecular weight excluding hydrogens is 309 g/mol. The third kappa shape index (κ3) is 3.82. The van der Waals surface area contributed by atoms with Crippen LogP contribution in [0.3, 0.4) is 0 Å². The van der Waals surface area contributed by atoms with Gasteiger partial charge in [0.05, 0.1) is 12.1 Å². The molecule has 2 N–H and O–H groups in total. The first kappa shape index (κ1) is 16.0. The van der Waals surface area contributed by atoms with Gasteiger partial charge in [-0.05, 0) is 25.1 Å². The lowest BCUT2D eigenvalue weighted by Crippen LogP contribution is -2.18. The molecule has 21 heavy (non-hydrogen) atoms. The minimum Gasteiger partial charge on any atom is -0.506 e. The van der Waals surface area contributed by atoms with Crippen LogP contribution in [0.5, 0.6) is 11.5 Å². The largest absolute Gasteiger partial charge is 0.506 e. The molecule has 0 aliphatic rings. The summed E-state index contributed by atoms with van der Waals surface area (Å²) >= 11 is 11.9. The van der Waals surface area contributed by atoms with Crippen molar-refractivity contribution in [1.82, 2.24) is 5.32 Å². The zero-order valence-corrected chi connectivity index (χ0v) is 13.4. The number of phenolic OH excluding ortho intramolecular Hbond substituents is 1. The molecule has 0 aliphatic carbocycles. The van der Waals surface area contributed by atoms with Crippen LogP contribution in [-0.2, 0) is 6.54 Å². The van der Waals surface area contributed by atoms with Gasteiger partial charge in [-0.3, -0.25) is 0 Å². The molecule has 112 valence electrons. The monoisotopic (exact) mass is 325 g/mol. The van der Waals surface area contributed by atoms with Crippen LogP contribution < -0.4 is 10.1 Å². The number of aromatic hydroxyl groups is 1. The van der Waals surface area contributed by atoms with Crippen molar-refractivity contribution < 1.29 is 9.84 Å². The highest BCUT2D eigenvalue weighted by atomic mass is 35.5. The summed E-state index contributed by atoms with van der Waals surface area (Å²) in [5, 5.41) is 14.0. The Hall–Kier alpha value is -1.42. The lowest BCUT2D eigenvalue weighted by atomic mass is 10.1. The number of benzene rings is 2. The van der Waals surface area contributed by atoms with E-state index >= 15 is 0 Å². The van der Waals surface area contributed by atoms with Crippen molar-refractivity contribution in [2.24, 2.45) is 0 Å². The molecule has 0 heterocycles. The first-order valence-electron chi connectivity index (χ1n) is 6.56. The zero-order chi connectivity index (χ0) is 15.4. The minimum atomic E-state index is 0.0540. The minimum absolute atomic E-state index is 0.0540. The molecule has 2 aromatic rings. The van der Waals surface area contributed by atoms with Crippen LogP contribution in [0.1, 0.15) is 24.1 Å². The number of halogens is 2. The second-order valence-corrected chi connectivity index (χ2v) is 5.58. The van der Waals surface area contributed by atoms with Crippen LogP contribution in [0.25, 0.3) is 0 Å². The Morgan fingerprint density at radius 1 is 1.24 bits per heavy atom. The van der Waals surface area contributed by atoms with Crippen molar-refractivity contribution in [1.29, 1.82) is 0 Å². The van der Waals surface area contributed by atoms with Gasteiger partial charge in [0.15, 0.2) is 0 Å². The maximum absolute atomic E-state index is 9.95. The topological polar surface area (TPSA) is 41.5 Å². The lowest BCUT2D eigenvalue weighted by Gasteiger charge is -2.18. The van der Waals surface area contributed by atoms with Gasteiger partial charge in [-0.1, -0.05) is 41.4 Å². The van der Waals surface area contributed by atoms with Gasteiger partial charge < -0.3 is 15.2 Å². The average molecular weight is 326 g/mol. The van der Waals surface area contributed by atoms with Gasteiger partial charge in [0, 0.05) is 28.7 Å². The van der Waals surface area contributed by atoms with E-state index in [1.54, 1.807) is 13.2 Å². The number of ether oxygens (including phenoxy) is 1. The first-order valence-corrected chi connectivity index (χ1v) is 7.31. The van der Waals surface area contributed by atoms with Gasteiger partial charge in [-0.25, -0.2) is 0 Å². The molecular formula is C16H17Cl2NO2. The fraction of sp³-hybridized carbons (Fsp3) is 0.250. The average Bonchev–Trinajstić information content (AvgIpc) is 2.49. The van der Waals surface area contributed by atoms with E-state index in [0.29, 0.717) is 17.1 Å². The molecule has 1 atom stereocenters. The molecule has 2 rings (SSSR count). The Labute approximate surface area is 134 Å². The summed E-state index contributed by atoms with van der Waals surface area (Å²) in [6, 6.07) is 11.1. The maximum Gasteiger partial charge on any atom is 0.138 e. The van der Waals surface area contributed by atoms with E-state index in [1.165, 1.54) is 6.07 Å². The van der Waals surface area contributed by atoms with Gasteiger partial charge in [0.2, 0.25) is 0 Å². The summed E-state index contributed by atoms with van der Waals surface area (Å²) in [5.74, 6) is 0.881. The van der Waals surface area contributed by atoms with Gasteiger partial charge in [0.1, 0.15) is 11.5 Å². The van der Waals surface area contributed by atoms with Gasteiger partial charge in [-0.15, -0.1) is 0 Å². The SMILES string of the molecule is COc1ccccc1[C@@H](C)NCc1cc(Cl)cc(Cl)c1O. The predicted octanol–water partition coefficient (Wildman–Crippen LogP) is 4.56. The van der Waals surface area contributed by atoms with Crippen molar-refractivity contribution in [3.63, 3.8) is 0 Å². The zero-order valence-electron chi connectivity index (χ0n) is 11.9. The van der Waals surface area contributed by atoms with Crippen LogP contribution in [0, 0.1) is 0 Å². The summed E-state index contributed by atoms with van der Waals surface area (Å²) in [6.45, 7) is 2.48. The number of methoxy groups -OCH3 is 1. The van der Waals surface area contributed by atoms with Gasteiger partial charge in [0.25, 0.3) is 0 Å². The van der Waals surface area contributed by atoms with Crippen LogP contribution in [-0.4, -0.2) is 12.2 Å². The third-order valence-corrected chi connectivity index (χ3v) is 3.82. The molecule has 0 aliphatic heterocycles. The highest BCUT2D eigenvalue weighted by molar-refractivity contribution is 6.35. The second kappa shape index (κ2) is 7.03. The van der Waals surface area contributed by atoms with Crippen molar-refractivity contribution in [3.05, 3.63) is 57.6 Å². The molecule has 0 spiro atoms. The molecule has 0 aromatic heterocycles. The Kier molecular flexibility index (Phi) is 5.34. The fourth-order valence-corrected chi connectivity index (χ4v) is 2.69. The maximum atomic E-state index is 9.95. The smallest absolute Gasteiger partial charge is 0.138 e.